The van der Waals surface area contributed by atoms with Crippen LogP contribution in [0.25, 0.3) is 6.08 Å². The van der Waals surface area contributed by atoms with Crippen molar-refractivity contribution in [2.75, 3.05) is 6.26 Å². The Kier molecular flexibility index (Phi) is 6.65. The van der Waals surface area contributed by atoms with Crippen molar-refractivity contribution >= 4 is 46.0 Å². The van der Waals surface area contributed by atoms with Gasteiger partial charge in [0, 0.05) is 0 Å². The van der Waals surface area contributed by atoms with E-state index >= 15 is 0 Å². The van der Waals surface area contributed by atoms with Crippen molar-refractivity contribution in [2.24, 2.45) is 0 Å². The van der Waals surface area contributed by atoms with Gasteiger partial charge in [0.15, 0.2) is 0 Å². The second kappa shape index (κ2) is 9.59. The van der Waals surface area contributed by atoms with Crippen molar-refractivity contribution in [3.63, 3.8) is 0 Å². The molecule has 1 unspecified atom stereocenters. The molecule has 148 valence electrons. The third kappa shape index (κ3) is 4.07. The molecule has 0 aliphatic rings. The Balaban J connectivity index is 2.14. The normalized spacial score (nSPS) is 13.0. The standard InChI is InChI=1S/C9H9OS.3C6H5.Sn/c1-11(10)8-7-9-5-3-2-4-6-9;3*1-2-4-6-5-3-1;/h2-7H,1H3;3*1-5H;. The molecular weight excluding hydrogens is 491 g/mol. The molecule has 4 aromatic rings. The van der Waals surface area contributed by atoms with Gasteiger partial charge in [-0.1, -0.05) is 0 Å². The van der Waals surface area contributed by atoms with Gasteiger partial charge in [0.05, 0.1) is 0 Å². The second-order valence-electron chi connectivity index (χ2n) is 7.22. The second-order valence-corrected chi connectivity index (χ2v) is 20.4. The number of hydrogen-bond donors (Lipinski definition) is 0. The first-order chi connectivity index (χ1) is 14.7. The summed E-state index contributed by atoms with van der Waals surface area (Å²) in [7, 11) is -1.12. The third-order valence-electron chi connectivity index (χ3n) is 5.40. The summed E-state index contributed by atoms with van der Waals surface area (Å²) in [6, 6.07) is 42.4. The van der Waals surface area contributed by atoms with Gasteiger partial charge in [-0.05, 0) is 0 Å². The van der Waals surface area contributed by atoms with Gasteiger partial charge in [-0.3, -0.25) is 0 Å². The van der Waals surface area contributed by atoms with E-state index < -0.39 is 29.2 Å². The molecule has 0 radical (unpaired) electrons. The Morgan fingerprint density at radius 2 is 0.933 bits per heavy atom. The number of benzene rings is 4. The SMILES string of the molecule is CS(=O)/[C](=C/c1ccccc1)[Sn]([c]1ccccc1)([c]1ccccc1)[c]1ccccc1. The van der Waals surface area contributed by atoms with Gasteiger partial charge in [0.25, 0.3) is 0 Å². The minimum absolute atomic E-state index is 1.07. The Hall–Kier alpha value is -2.43. The summed E-state index contributed by atoms with van der Waals surface area (Å²) < 4.78 is 18.4. The van der Waals surface area contributed by atoms with Gasteiger partial charge in [-0.2, -0.15) is 0 Å². The van der Waals surface area contributed by atoms with Gasteiger partial charge in [-0.15, -0.1) is 0 Å². The van der Waals surface area contributed by atoms with Gasteiger partial charge in [-0.25, -0.2) is 0 Å². The molecule has 0 saturated heterocycles. The maximum absolute atomic E-state index is 13.4. The van der Waals surface area contributed by atoms with Crippen LogP contribution >= 0.6 is 0 Å². The zero-order valence-corrected chi connectivity index (χ0v) is 20.6. The van der Waals surface area contributed by atoms with Gasteiger partial charge >= 0.3 is 186 Å². The van der Waals surface area contributed by atoms with Crippen LogP contribution in [0.5, 0.6) is 0 Å². The Morgan fingerprint density at radius 1 is 0.600 bits per heavy atom. The zero-order chi connectivity index (χ0) is 20.8. The molecule has 0 heterocycles. The van der Waals surface area contributed by atoms with Crippen LogP contribution in [0.2, 0.25) is 0 Å². The molecule has 0 bridgehead atoms. The predicted octanol–water partition coefficient (Wildman–Crippen LogP) is 4.12. The van der Waals surface area contributed by atoms with Crippen molar-refractivity contribution in [1.29, 1.82) is 0 Å². The van der Waals surface area contributed by atoms with Crippen LogP contribution in [0.15, 0.2) is 124 Å². The molecule has 0 amide bonds. The maximum atomic E-state index is 13.4. The first-order valence-corrected chi connectivity index (χ1v) is 17.3. The summed E-state index contributed by atoms with van der Waals surface area (Å²) in [4.78, 5) is 0. The molecule has 30 heavy (non-hydrogen) atoms. The first-order valence-electron chi connectivity index (χ1n) is 10.00. The molecule has 4 rings (SSSR count). The molecule has 0 N–H and O–H groups in total. The number of rotatable bonds is 6. The fourth-order valence-electron chi connectivity index (χ4n) is 4.10. The molecule has 0 aliphatic heterocycles. The zero-order valence-electron chi connectivity index (χ0n) is 16.9. The van der Waals surface area contributed by atoms with Crippen LogP contribution in [-0.2, 0) is 10.8 Å². The van der Waals surface area contributed by atoms with Crippen molar-refractivity contribution in [1.82, 2.24) is 0 Å². The Morgan fingerprint density at radius 3 is 1.27 bits per heavy atom. The molecule has 0 aromatic heterocycles. The molecule has 4 aromatic carbocycles. The van der Waals surface area contributed by atoms with E-state index in [-0.39, 0.29) is 0 Å². The van der Waals surface area contributed by atoms with E-state index in [4.69, 9.17) is 0 Å². The van der Waals surface area contributed by atoms with E-state index in [2.05, 4.69) is 109 Å². The van der Waals surface area contributed by atoms with Crippen molar-refractivity contribution < 1.29 is 4.21 Å². The van der Waals surface area contributed by atoms with Crippen LogP contribution in [0.3, 0.4) is 0 Å². The van der Waals surface area contributed by atoms with Crippen molar-refractivity contribution in [3.8, 4) is 0 Å². The fourth-order valence-corrected chi connectivity index (χ4v) is 23.2. The van der Waals surface area contributed by atoms with E-state index in [9.17, 15) is 4.21 Å². The predicted molar refractivity (Wildman–Crippen MR) is 132 cm³/mol. The van der Waals surface area contributed by atoms with Crippen LogP contribution < -0.4 is 10.7 Å². The molecule has 1 atom stereocenters. The Labute approximate surface area is 185 Å². The van der Waals surface area contributed by atoms with Gasteiger partial charge in [0.1, 0.15) is 0 Å². The molecule has 0 fully saturated rings. The summed E-state index contributed by atoms with van der Waals surface area (Å²) in [6.45, 7) is 0. The topological polar surface area (TPSA) is 17.1 Å². The summed E-state index contributed by atoms with van der Waals surface area (Å²) in [5, 5.41) is 0. The van der Waals surface area contributed by atoms with Crippen LogP contribution in [-0.4, -0.2) is 28.8 Å². The van der Waals surface area contributed by atoms with E-state index in [1.165, 1.54) is 10.7 Å². The van der Waals surface area contributed by atoms with Crippen molar-refractivity contribution in [2.45, 2.75) is 0 Å². The molecule has 0 spiro atoms. The van der Waals surface area contributed by atoms with E-state index in [1.54, 1.807) is 0 Å². The average Bonchev–Trinajstić information content (AvgIpc) is 2.82. The summed E-state index contributed by atoms with van der Waals surface area (Å²) in [5.41, 5.74) is 1.09. The van der Waals surface area contributed by atoms with E-state index in [0.29, 0.717) is 0 Å². The Bertz CT molecular complexity index is 1040. The third-order valence-corrected chi connectivity index (χ3v) is 23.4. The summed E-state index contributed by atoms with van der Waals surface area (Å²) in [5.74, 6) is 0. The van der Waals surface area contributed by atoms with Crippen molar-refractivity contribution in [3.05, 3.63) is 130 Å². The number of hydrogen-bond acceptors (Lipinski definition) is 1. The van der Waals surface area contributed by atoms with E-state index in [0.717, 1.165) is 8.48 Å². The molecule has 0 aliphatic carbocycles. The minimum atomic E-state index is -3.80. The van der Waals surface area contributed by atoms with Crippen LogP contribution in [0.1, 0.15) is 5.56 Å². The molecular formula is C27H24OSSn. The summed E-state index contributed by atoms with van der Waals surface area (Å²) >= 11 is -3.80. The fraction of sp³-hybridized carbons (Fsp3) is 0.0370. The van der Waals surface area contributed by atoms with Crippen LogP contribution in [0.4, 0.5) is 0 Å². The molecule has 1 nitrogen and oxygen atoms in total. The molecule has 3 heteroatoms. The first kappa shape index (κ1) is 20.8. The van der Waals surface area contributed by atoms with E-state index in [1.807, 2.05) is 24.5 Å². The van der Waals surface area contributed by atoms with Gasteiger partial charge < -0.3 is 0 Å². The summed E-state index contributed by atoms with van der Waals surface area (Å²) in [6.07, 6.45) is 4.01. The monoisotopic (exact) mass is 516 g/mol. The quantitative estimate of drug-likeness (QED) is 0.354. The molecule has 0 saturated carbocycles. The van der Waals surface area contributed by atoms with Crippen LogP contribution in [0, 0.1) is 0 Å². The average molecular weight is 515 g/mol. The van der Waals surface area contributed by atoms with Gasteiger partial charge in [0.2, 0.25) is 0 Å².